The summed E-state index contributed by atoms with van der Waals surface area (Å²) >= 11 is 0. The molecule has 0 saturated carbocycles. The zero-order valence-corrected chi connectivity index (χ0v) is 12.4. The van der Waals surface area contributed by atoms with Gasteiger partial charge in [-0.2, -0.15) is 0 Å². The Balaban J connectivity index is 1.92. The van der Waals surface area contributed by atoms with Crippen LogP contribution >= 0.6 is 0 Å². The van der Waals surface area contributed by atoms with Gasteiger partial charge in [-0.25, -0.2) is 0 Å². The summed E-state index contributed by atoms with van der Waals surface area (Å²) in [6.45, 7) is 1.22. The van der Waals surface area contributed by atoms with E-state index < -0.39 is 0 Å². The largest absolute Gasteiger partial charge is 0.359 e. The summed E-state index contributed by atoms with van der Waals surface area (Å²) in [7, 11) is 1.63. The van der Waals surface area contributed by atoms with Gasteiger partial charge in [0.1, 0.15) is 0 Å². The molecular weight excluding hydrogens is 266 g/mol. The third-order valence-electron chi connectivity index (χ3n) is 4.01. The van der Waals surface area contributed by atoms with Crippen molar-refractivity contribution in [3.63, 3.8) is 0 Å². The van der Waals surface area contributed by atoms with Gasteiger partial charge in [-0.3, -0.25) is 9.59 Å². The minimum atomic E-state index is -0.293. The quantitative estimate of drug-likeness (QED) is 0.870. The van der Waals surface area contributed by atoms with Crippen LogP contribution in [0.5, 0.6) is 0 Å². The van der Waals surface area contributed by atoms with E-state index in [1.165, 1.54) is 0 Å². The lowest BCUT2D eigenvalue weighted by atomic mass is 9.96. The van der Waals surface area contributed by atoms with Gasteiger partial charge in [0, 0.05) is 32.6 Å². The third-order valence-corrected chi connectivity index (χ3v) is 4.01. The van der Waals surface area contributed by atoms with Crippen molar-refractivity contribution in [3.8, 4) is 0 Å². The average molecular weight is 289 g/mol. The van der Waals surface area contributed by atoms with Gasteiger partial charge in [0.2, 0.25) is 11.8 Å². The molecule has 0 aromatic heterocycles. The first-order chi connectivity index (χ1) is 10.1. The van der Waals surface area contributed by atoms with E-state index in [1.807, 2.05) is 30.3 Å². The van der Waals surface area contributed by atoms with Gasteiger partial charge in [0.15, 0.2) is 0 Å². The van der Waals surface area contributed by atoms with E-state index in [2.05, 4.69) is 5.32 Å². The summed E-state index contributed by atoms with van der Waals surface area (Å²) in [4.78, 5) is 25.8. The lowest BCUT2D eigenvalue weighted by Crippen LogP contribution is -2.45. The first-order valence-electron chi connectivity index (χ1n) is 7.41. The van der Waals surface area contributed by atoms with Gasteiger partial charge in [0.25, 0.3) is 0 Å². The van der Waals surface area contributed by atoms with Crippen LogP contribution in [0, 0.1) is 5.92 Å². The summed E-state index contributed by atoms with van der Waals surface area (Å²) in [6.07, 6.45) is 1.99. The van der Waals surface area contributed by atoms with E-state index in [0.29, 0.717) is 13.1 Å². The Kier molecular flexibility index (Phi) is 5.33. The molecule has 2 unspecified atom stereocenters. The molecule has 21 heavy (non-hydrogen) atoms. The number of carbonyl (C=O) groups is 2. The normalized spacial score (nSPS) is 19.9. The maximum absolute atomic E-state index is 12.4. The molecule has 2 atom stereocenters. The van der Waals surface area contributed by atoms with Gasteiger partial charge in [-0.1, -0.05) is 30.3 Å². The number of benzene rings is 1. The molecule has 5 nitrogen and oxygen atoms in total. The maximum Gasteiger partial charge on any atom is 0.224 e. The smallest absolute Gasteiger partial charge is 0.224 e. The Hall–Kier alpha value is -1.88. The second-order valence-corrected chi connectivity index (χ2v) is 5.51. The summed E-state index contributed by atoms with van der Waals surface area (Å²) in [6, 6.07) is 9.34. The molecule has 1 aliphatic rings. The molecule has 1 aromatic rings. The van der Waals surface area contributed by atoms with Crippen molar-refractivity contribution in [1.82, 2.24) is 10.2 Å². The van der Waals surface area contributed by atoms with Crippen molar-refractivity contribution in [2.75, 3.05) is 20.1 Å². The molecule has 2 rings (SSSR count). The zero-order chi connectivity index (χ0) is 15.2. The number of hydrogen-bond donors (Lipinski definition) is 2. The minimum absolute atomic E-state index is 0.0138. The van der Waals surface area contributed by atoms with Crippen molar-refractivity contribution >= 4 is 11.8 Å². The molecule has 114 valence electrons. The molecule has 0 bridgehead atoms. The predicted octanol–water partition coefficient (Wildman–Crippen LogP) is 1.06. The number of hydrogen-bond acceptors (Lipinski definition) is 3. The van der Waals surface area contributed by atoms with Gasteiger partial charge >= 0.3 is 0 Å². The van der Waals surface area contributed by atoms with Crippen LogP contribution in [0.1, 0.15) is 30.9 Å². The summed E-state index contributed by atoms with van der Waals surface area (Å²) in [5.41, 5.74) is 7.06. The Morgan fingerprint density at radius 2 is 2.10 bits per heavy atom. The molecule has 1 fully saturated rings. The van der Waals surface area contributed by atoms with Crippen LogP contribution in [0.2, 0.25) is 0 Å². The summed E-state index contributed by atoms with van der Waals surface area (Å²) < 4.78 is 0. The number of likely N-dealkylation sites (tertiary alicyclic amines) is 1. The maximum atomic E-state index is 12.4. The van der Waals surface area contributed by atoms with Crippen LogP contribution in [0.15, 0.2) is 30.3 Å². The second kappa shape index (κ2) is 7.22. The fourth-order valence-electron chi connectivity index (χ4n) is 2.76. The number of nitrogens with zero attached hydrogens (tertiary/aromatic N) is 1. The van der Waals surface area contributed by atoms with Gasteiger partial charge < -0.3 is 16.0 Å². The molecule has 0 spiro atoms. The number of nitrogens with two attached hydrogens (primary N) is 1. The van der Waals surface area contributed by atoms with Gasteiger partial charge in [-0.05, 0) is 18.4 Å². The highest BCUT2D eigenvalue weighted by Crippen LogP contribution is 2.20. The lowest BCUT2D eigenvalue weighted by Gasteiger charge is -2.32. The Bertz CT molecular complexity index is 490. The SMILES string of the molecule is CNC(=O)C1CCCN(C(=O)CC(N)c2ccccc2)C1. The summed E-state index contributed by atoms with van der Waals surface area (Å²) in [5.74, 6) is -0.0551. The first-order valence-corrected chi connectivity index (χ1v) is 7.41. The molecule has 2 amide bonds. The van der Waals surface area contributed by atoms with E-state index in [-0.39, 0.29) is 30.2 Å². The Labute approximate surface area is 125 Å². The number of piperidine rings is 1. The standard InChI is InChI=1S/C16H23N3O2/c1-18-16(21)13-8-5-9-19(11-13)15(20)10-14(17)12-6-3-2-4-7-12/h2-4,6-7,13-14H,5,8-11,17H2,1H3,(H,18,21). The van der Waals surface area contributed by atoms with E-state index in [0.717, 1.165) is 18.4 Å². The molecule has 5 heteroatoms. The molecule has 1 heterocycles. The molecular formula is C16H23N3O2. The van der Waals surface area contributed by atoms with Gasteiger partial charge in [0.05, 0.1) is 5.92 Å². The highest BCUT2D eigenvalue weighted by atomic mass is 16.2. The average Bonchev–Trinajstić information content (AvgIpc) is 2.55. The van der Waals surface area contributed by atoms with E-state index in [9.17, 15) is 9.59 Å². The fourth-order valence-corrected chi connectivity index (χ4v) is 2.76. The van der Waals surface area contributed by atoms with E-state index in [4.69, 9.17) is 5.73 Å². The Morgan fingerprint density at radius 3 is 2.76 bits per heavy atom. The monoisotopic (exact) mass is 289 g/mol. The molecule has 1 saturated heterocycles. The lowest BCUT2D eigenvalue weighted by molar-refractivity contribution is -0.135. The zero-order valence-electron chi connectivity index (χ0n) is 12.4. The molecule has 3 N–H and O–H groups in total. The fraction of sp³-hybridized carbons (Fsp3) is 0.500. The Morgan fingerprint density at radius 1 is 1.38 bits per heavy atom. The van der Waals surface area contributed by atoms with Crippen molar-refractivity contribution in [2.24, 2.45) is 11.7 Å². The van der Waals surface area contributed by atoms with E-state index in [1.54, 1.807) is 11.9 Å². The van der Waals surface area contributed by atoms with Crippen molar-refractivity contribution < 1.29 is 9.59 Å². The number of rotatable bonds is 4. The van der Waals surface area contributed by atoms with Crippen molar-refractivity contribution in [1.29, 1.82) is 0 Å². The molecule has 1 aromatic carbocycles. The van der Waals surface area contributed by atoms with Crippen LogP contribution in [-0.4, -0.2) is 36.9 Å². The molecule has 1 aliphatic heterocycles. The first kappa shape index (κ1) is 15.5. The highest BCUT2D eigenvalue weighted by molar-refractivity contribution is 5.81. The number of amides is 2. The third kappa shape index (κ3) is 4.04. The van der Waals surface area contributed by atoms with Crippen LogP contribution < -0.4 is 11.1 Å². The van der Waals surface area contributed by atoms with Crippen LogP contribution in [0.4, 0.5) is 0 Å². The number of carbonyl (C=O) groups excluding carboxylic acids is 2. The van der Waals surface area contributed by atoms with Gasteiger partial charge in [-0.15, -0.1) is 0 Å². The van der Waals surface area contributed by atoms with Crippen LogP contribution in [0.3, 0.4) is 0 Å². The second-order valence-electron chi connectivity index (χ2n) is 5.51. The predicted molar refractivity (Wildman–Crippen MR) is 81.4 cm³/mol. The van der Waals surface area contributed by atoms with E-state index >= 15 is 0 Å². The molecule has 0 aliphatic carbocycles. The number of nitrogens with one attached hydrogen (secondary N) is 1. The minimum Gasteiger partial charge on any atom is -0.359 e. The van der Waals surface area contributed by atoms with Crippen molar-refractivity contribution in [3.05, 3.63) is 35.9 Å². The molecule has 0 radical (unpaired) electrons. The van der Waals surface area contributed by atoms with Crippen molar-refractivity contribution in [2.45, 2.75) is 25.3 Å². The topological polar surface area (TPSA) is 75.4 Å². The van der Waals surface area contributed by atoms with Crippen LogP contribution in [-0.2, 0) is 9.59 Å². The summed E-state index contributed by atoms with van der Waals surface area (Å²) in [5, 5.41) is 2.66. The van der Waals surface area contributed by atoms with Crippen LogP contribution in [0.25, 0.3) is 0 Å². The highest BCUT2D eigenvalue weighted by Gasteiger charge is 2.28.